The molecule has 0 amide bonds. The standard InChI is InChI=1S/C23H33N5O3/c1-4-21-18(3)24-23-27(19-6-8-20(9-7-19)31-5-2)16-26(17-28(23)22(21)29)11-10-25-12-14-30-15-13-25/h6-9H,4-5,10-17H2,1-3H3. The van der Waals surface area contributed by atoms with Crippen molar-refractivity contribution in [2.24, 2.45) is 0 Å². The summed E-state index contributed by atoms with van der Waals surface area (Å²) < 4.78 is 12.9. The first-order chi connectivity index (χ1) is 15.1. The van der Waals surface area contributed by atoms with E-state index in [0.717, 1.165) is 62.1 Å². The molecule has 0 atom stereocenters. The molecule has 3 heterocycles. The topological polar surface area (TPSA) is 63.1 Å². The SMILES string of the molecule is CCOc1ccc(N2CN(CCN3CCOCC3)Cn3c2nc(C)c(CC)c3=O)cc1. The highest BCUT2D eigenvalue weighted by atomic mass is 16.5. The van der Waals surface area contributed by atoms with E-state index in [9.17, 15) is 4.79 Å². The summed E-state index contributed by atoms with van der Waals surface area (Å²) in [6, 6.07) is 8.02. The maximum atomic E-state index is 13.3. The van der Waals surface area contributed by atoms with Crippen molar-refractivity contribution in [3.05, 3.63) is 45.9 Å². The largest absolute Gasteiger partial charge is 0.494 e. The number of nitrogens with zero attached hydrogens (tertiary/aromatic N) is 5. The number of anilines is 2. The Balaban J connectivity index is 1.63. The number of hydrogen-bond acceptors (Lipinski definition) is 7. The van der Waals surface area contributed by atoms with Crippen molar-refractivity contribution >= 4 is 11.6 Å². The molecular weight excluding hydrogens is 394 g/mol. The molecule has 4 rings (SSSR count). The molecule has 31 heavy (non-hydrogen) atoms. The minimum atomic E-state index is 0.0667. The van der Waals surface area contributed by atoms with Crippen molar-refractivity contribution in [1.29, 1.82) is 0 Å². The van der Waals surface area contributed by atoms with E-state index < -0.39 is 0 Å². The van der Waals surface area contributed by atoms with Crippen LogP contribution in [-0.4, -0.2) is 72.0 Å². The van der Waals surface area contributed by atoms with Crippen LogP contribution in [0.25, 0.3) is 0 Å². The van der Waals surface area contributed by atoms with Crippen molar-refractivity contribution in [3.63, 3.8) is 0 Å². The summed E-state index contributed by atoms with van der Waals surface area (Å²) >= 11 is 0. The van der Waals surface area contributed by atoms with Gasteiger partial charge < -0.3 is 9.47 Å². The molecule has 0 bridgehead atoms. The Bertz CT molecular complexity index is 937. The van der Waals surface area contributed by atoms with Crippen molar-refractivity contribution in [1.82, 2.24) is 19.4 Å². The molecule has 1 aromatic carbocycles. The van der Waals surface area contributed by atoms with Gasteiger partial charge in [-0.1, -0.05) is 6.92 Å². The molecule has 168 valence electrons. The summed E-state index contributed by atoms with van der Waals surface area (Å²) in [5.41, 5.74) is 2.68. The molecule has 2 aromatic rings. The van der Waals surface area contributed by atoms with Crippen LogP contribution in [0.15, 0.2) is 29.1 Å². The molecule has 1 saturated heterocycles. The van der Waals surface area contributed by atoms with Crippen molar-refractivity contribution < 1.29 is 9.47 Å². The van der Waals surface area contributed by atoms with E-state index in [4.69, 9.17) is 14.5 Å². The normalized spacial score (nSPS) is 17.6. The highest BCUT2D eigenvalue weighted by Gasteiger charge is 2.28. The lowest BCUT2D eigenvalue weighted by Gasteiger charge is -2.39. The van der Waals surface area contributed by atoms with Crippen molar-refractivity contribution in [2.45, 2.75) is 33.9 Å². The molecule has 0 aliphatic carbocycles. The zero-order valence-corrected chi connectivity index (χ0v) is 18.8. The average Bonchev–Trinajstić information content (AvgIpc) is 2.79. The Labute approximate surface area is 184 Å². The second-order valence-electron chi connectivity index (χ2n) is 8.05. The minimum absolute atomic E-state index is 0.0667. The molecule has 0 saturated carbocycles. The zero-order valence-electron chi connectivity index (χ0n) is 18.8. The highest BCUT2D eigenvalue weighted by Crippen LogP contribution is 2.29. The van der Waals surface area contributed by atoms with Crippen LogP contribution in [0.1, 0.15) is 25.1 Å². The fourth-order valence-corrected chi connectivity index (χ4v) is 4.27. The molecule has 0 unspecified atom stereocenters. The van der Waals surface area contributed by atoms with Gasteiger partial charge in [0.25, 0.3) is 5.56 Å². The van der Waals surface area contributed by atoms with E-state index in [1.165, 1.54) is 0 Å². The Morgan fingerprint density at radius 1 is 1.03 bits per heavy atom. The molecular formula is C23H33N5O3. The number of aromatic nitrogens is 2. The number of fused-ring (bicyclic) bond motifs is 1. The number of morpholine rings is 1. The Morgan fingerprint density at radius 2 is 1.74 bits per heavy atom. The van der Waals surface area contributed by atoms with Gasteiger partial charge in [0, 0.05) is 43.1 Å². The molecule has 1 fully saturated rings. The fraction of sp³-hybridized carbons (Fsp3) is 0.565. The van der Waals surface area contributed by atoms with Crippen LogP contribution in [0.5, 0.6) is 5.75 Å². The summed E-state index contributed by atoms with van der Waals surface area (Å²) in [6.07, 6.45) is 0.689. The first-order valence-corrected chi connectivity index (χ1v) is 11.2. The molecule has 0 N–H and O–H groups in total. The van der Waals surface area contributed by atoms with Crippen LogP contribution >= 0.6 is 0 Å². The van der Waals surface area contributed by atoms with E-state index in [2.05, 4.69) is 14.7 Å². The van der Waals surface area contributed by atoms with E-state index >= 15 is 0 Å². The van der Waals surface area contributed by atoms with Crippen LogP contribution in [0.3, 0.4) is 0 Å². The predicted molar refractivity (Wildman–Crippen MR) is 121 cm³/mol. The first-order valence-electron chi connectivity index (χ1n) is 11.2. The van der Waals surface area contributed by atoms with Gasteiger partial charge in [0.05, 0.1) is 33.2 Å². The second kappa shape index (κ2) is 9.80. The number of aryl methyl sites for hydroxylation is 1. The molecule has 8 heteroatoms. The molecule has 1 aromatic heterocycles. The average molecular weight is 428 g/mol. The number of ether oxygens (including phenoxy) is 2. The van der Waals surface area contributed by atoms with Gasteiger partial charge in [-0.25, -0.2) is 4.98 Å². The van der Waals surface area contributed by atoms with Gasteiger partial charge in [0.2, 0.25) is 5.95 Å². The first kappa shape index (κ1) is 21.8. The van der Waals surface area contributed by atoms with E-state index in [0.29, 0.717) is 32.3 Å². The predicted octanol–water partition coefficient (Wildman–Crippen LogP) is 2.21. The fourth-order valence-electron chi connectivity index (χ4n) is 4.27. The van der Waals surface area contributed by atoms with Crippen LogP contribution in [0, 0.1) is 6.92 Å². The zero-order chi connectivity index (χ0) is 21.8. The number of hydrogen-bond donors (Lipinski definition) is 0. The number of benzene rings is 1. The summed E-state index contributed by atoms with van der Waals surface area (Å²) in [5, 5.41) is 0. The van der Waals surface area contributed by atoms with Gasteiger partial charge in [0.15, 0.2) is 0 Å². The second-order valence-corrected chi connectivity index (χ2v) is 8.05. The highest BCUT2D eigenvalue weighted by molar-refractivity contribution is 5.59. The summed E-state index contributed by atoms with van der Waals surface area (Å²) in [4.78, 5) is 25.0. The van der Waals surface area contributed by atoms with Crippen LogP contribution in [0.2, 0.25) is 0 Å². The maximum Gasteiger partial charge on any atom is 0.259 e. The lowest BCUT2D eigenvalue weighted by atomic mass is 10.2. The smallest absolute Gasteiger partial charge is 0.259 e. The molecule has 0 radical (unpaired) electrons. The lowest BCUT2D eigenvalue weighted by Crippen LogP contribution is -2.50. The van der Waals surface area contributed by atoms with E-state index in [-0.39, 0.29) is 5.56 Å². The molecule has 8 nitrogen and oxygen atoms in total. The summed E-state index contributed by atoms with van der Waals surface area (Å²) in [7, 11) is 0. The maximum absolute atomic E-state index is 13.3. The Hall–Kier alpha value is -2.42. The monoisotopic (exact) mass is 427 g/mol. The van der Waals surface area contributed by atoms with Gasteiger partial charge in [0.1, 0.15) is 5.75 Å². The third kappa shape index (κ3) is 4.76. The van der Waals surface area contributed by atoms with Crippen LogP contribution < -0.4 is 15.2 Å². The van der Waals surface area contributed by atoms with Gasteiger partial charge in [-0.15, -0.1) is 0 Å². The van der Waals surface area contributed by atoms with Gasteiger partial charge in [-0.2, -0.15) is 0 Å². The van der Waals surface area contributed by atoms with Crippen molar-refractivity contribution in [3.8, 4) is 5.75 Å². The molecule has 0 spiro atoms. The lowest BCUT2D eigenvalue weighted by molar-refractivity contribution is 0.0310. The Kier molecular flexibility index (Phi) is 6.89. The van der Waals surface area contributed by atoms with Crippen LogP contribution in [-0.2, 0) is 17.8 Å². The molecule has 2 aliphatic rings. The quantitative estimate of drug-likeness (QED) is 0.671. The van der Waals surface area contributed by atoms with E-state index in [1.807, 2.05) is 49.6 Å². The van der Waals surface area contributed by atoms with Gasteiger partial charge in [-0.05, 0) is 44.5 Å². The summed E-state index contributed by atoms with van der Waals surface area (Å²) in [6.45, 7) is 13.2. The third-order valence-electron chi connectivity index (χ3n) is 6.02. The molecule has 2 aliphatic heterocycles. The van der Waals surface area contributed by atoms with Crippen molar-refractivity contribution in [2.75, 3.05) is 57.6 Å². The van der Waals surface area contributed by atoms with Crippen LogP contribution in [0.4, 0.5) is 11.6 Å². The van der Waals surface area contributed by atoms with E-state index in [1.54, 1.807) is 0 Å². The van der Waals surface area contributed by atoms with Gasteiger partial charge in [-0.3, -0.25) is 24.1 Å². The number of rotatable bonds is 7. The summed E-state index contributed by atoms with van der Waals surface area (Å²) in [5.74, 6) is 1.56. The Morgan fingerprint density at radius 3 is 2.42 bits per heavy atom. The minimum Gasteiger partial charge on any atom is -0.494 e. The third-order valence-corrected chi connectivity index (χ3v) is 6.02. The van der Waals surface area contributed by atoms with Gasteiger partial charge >= 0.3 is 0 Å².